The lowest BCUT2D eigenvalue weighted by Crippen LogP contribution is -2.39. The maximum Gasteiger partial charge on any atom is 0.410 e. The van der Waals surface area contributed by atoms with E-state index in [0.717, 1.165) is 62.0 Å². The lowest BCUT2D eigenvalue weighted by molar-refractivity contribution is 0.0789. The number of benzene rings is 1. The van der Waals surface area contributed by atoms with Gasteiger partial charge < -0.3 is 14.5 Å². The van der Waals surface area contributed by atoms with Gasteiger partial charge in [0, 0.05) is 50.4 Å². The Morgan fingerprint density at radius 2 is 1.65 bits per heavy atom. The molecule has 1 saturated carbocycles. The van der Waals surface area contributed by atoms with E-state index in [1.54, 1.807) is 17.3 Å². The highest BCUT2D eigenvalue weighted by molar-refractivity contribution is 5.95. The topological polar surface area (TPSA) is 80.6 Å². The minimum absolute atomic E-state index is 0.0986. The smallest absolute Gasteiger partial charge is 0.410 e. The summed E-state index contributed by atoms with van der Waals surface area (Å²) in [5.74, 6) is 0.844. The minimum Gasteiger partial charge on any atom is -0.445 e. The molecule has 1 aliphatic carbocycles. The third kappa shape index (κ3) is 5.10. The SMILES string of the molecule is O=C(OCc1ccccc1)N1CCC(n2ncc(C(=O)N3CCC(c4cccnc4)C3)c2C2CC2)CC1. The van der Waals surface area contributed by atoms with Crippen LogP contribution in [0.5, 0.6) is 0 Å². The Balaban J connectivity index is 1.09. The van der Waals surface area contributed by atoms with Crippen LogP contribution in [0.15, 0.2) is 61.1 Å². The molecule has 3 aliphatic rings. The van der Waals surface area contributed by atoms with E-state index in [2.05, 4.69) is 15.7 Å². The van der Waals surface area contributed by atoms with Gasteiger partial charge in [0.15, 0.2) is 0 Å². The van der Waals surface area contributed by atoms with Crippen LogP contribution in [0.25, 0.3) is 0 Å². The van der Waals surface area contributed by atoms with Crippen molar-refractivity contribution in [2.24, 2.45) is 0 Å². The van der Waals surface area contributed by atoms with E-state index >= 15 is 0 Å². The summed E-state index contributed by atoms with van der Waals surface area (Å²) in [5.41, 5.74) is 4.04. The Bertz CT molecular complexity index is 1230. The van der Waals surface area contributed by atoms with Gasteiger partial charge in [0.05, 0.1) is 23.5 Å². The van der Waals surface area contributed by atoms with Crippen LogP contribution in [0.3, 0.4) is 0 Å². The molecule has 8 heteroatoms. The summed E-state index contributed by atoms with van der Waals surface area (Å²) in [6, 6.07) is 14.0. The van der Waals surface area contributed by atoms with E-state index in [0.29, 0.717) is 24.9 Å². The number of carbonyl (C=O) groups is 2. The Hall–Kier alpha value is -3.68. The predicted octanol–water partition coefficient (Wildman–Crippen LogP) is 4.76. The summed E-state index contributed by atoms with van der Waals surface area (Å²) in [6.07, 6.45) is 10.0. The molecule has 192 valence electrons. The van der Waals surface area contributed by atoms with Crippen molar-refractivity contribution in [3.05, 3.63) is 83.4 Å². The maximum atomic E-state index is 13.6. The molecule has 0 radical (unpaired) electrons. The molecule has 6 rings (SSSR count). The van der Waals surface area contributed by atoms with Gasteiger partial charge in [-0.15, -0.1) is 0 Å². The number of carbonyl (C=O) groups excluding carboxylic acids is 2. The Morgan fingerprint density at radius 1 is 0.865 bits per heavy atom. The van der Waals surface area contributed by atoms with Crippen LogP contribution in [-0.2, 0) is 11.3 Å². The van der Waals surface area contributed by atoms with E-state index in [4.69, 9.17) is 9.84 Å². The molecule has 8 nitrogen and oxygen atoms in total. The molecule has 0 bridgehead atoms. The fourth-order valence-corrected chi connectivity index (χ4v) is 5.70. The van der Waals surface area contributed by atoms with Gasteiger partial charge in [-0.2, -0.15) is 5.10 Å². The second kappa shape index (κ2) is 10.4. The zero-order chi connectivity index (χ0) is 25.2. The first kappa shape index (κ1) is 23.7. The summed E-state index contributed by atoms with van der Waals surface area (Å²) in [5, 5.41) is 4.74. The van der Waals surface area contributed by atoms with Gasteiger partial charge in [0.2, 0.25) is 0 Å². The highest BCUT2D eigenvalue weighted by Gasteiger charge is 2.38. The molecule has 0 spiro atoms. The highest BCUT2D eigenvalue weighted by atomic mass is 16.6. The lowest BCUT2D eigenvalue weighted by atomic mass is 10.0. The standard InChI is InChI=1S/C29H33N5O3/c35-28(33-14-10-24(19-33)23-7-4-13-30-17-23)26-18-31-34(27(26)22-8-9-22)25-11-15-32(16-12-25)29(36)37-20-21-5-2-1-3-6-21/h1-7,13,17-18,22,24-25H,8-12,14-16,19-20H2. The number of nitrogens with zero attached hydrogens (tertiary/aromatic N) is 5. The third-order valence-electron chi connectivity index (χ3n) is 7.93. The van der Waals surface area contributed by atoms with Crippen molar-refractivity contribution in [2.45, 2.75) is 56.6 Å². The first-order valence-electron chi connectivity index (χ1n) is 13.4. The summed E-state index contributed by atoms with van der Waals surface area (Å²) >= 11 is 0. The van der Waals surface area contributed by atoms with Crippen LogP contribution in [0.2, 0.25) is 0 Å². The molecule has 0 N–H and O–H groups in total. The average Bonchev–Trinajstić information content (AvgIpc) is 3.50. The second-order valence-electron chi connectivity index (χ2n) is 10.4. The Kier molecular flexibility index (Phi) is 6.64. The number of aromatic nitrogens is 3. The van der Waals surface area contributed by atoms with Gasteiger partial charge in [-0.05, 0) is 49.3 Å². The number of piperidine rings is 1. The van der Waals surface area contributed by atoms with E-state index in [1.807, 2.05) is 47.5 Å². The molecule has 2 aliphatic heterocycles. The van der Waals surface area contributed by atoms with Crippen LogP contribution in [0, 0.1) is 0 Å². The summed E-state index contributed by atoms with van der Waals surface area (Å²) in [4.78, 5) is 34.2. The number of rotatable bonds is 6. The van der Waals surface area contributed by atoms with Crippen LogP contribution in [0.4, 0.5) is 4.79 Å². The minimum atomic E-state index is -0.266. The molecule has 1 unspecified atom stereocenters. The van der Waals surface area contributed by atoms with Crippen molar-refractivity contribution in [3.8, 4) is 0 Å². The van der Waals surface area contributed by atoms with Crippen molar-refractivity contribution >= 4 is 12.0 Å². The number of pyridine rings is 1. The molecular formula is C29H33N5O3. The third-order valence-corrected chi connectivity index (χ3v) is 7.93. The molecule has 1 atom stereocenters. The van der Waals surface area contributed by atoms with Crippen LogP contribution < -0.4 is 0 Å². The molecule has 2 saturated heterocycles. The summed E-state index contributed by atoms with van der Waals surface area (Å²) < 4.78 is 7.63. The van der Waals surface area contributed by atoms with Crippen molar-refractivity contribution < 1.29 is 14.3 Å². The molecule has 2 amide bonds. The Morgan fingerprint density at radius 3 is 2.38 bits per heavy atom. The molecule has 37 heavy (non-hydrogen) atoms. The zero-order valence-electron chi connectivity index (χ0n) is 21.0. The van der Waals surface area contributed by atoms with Crippen molar-refractivity contribution in [1.29, 1.82) is 0 Å². The van der Waals surface area contributed by atoms with Gasteiger partial charge >= 0.3 is 6.09 Å². The average molecular weight is 500 g/mol. The first-order chi connectivity index (χ1) is 18.2. The number of likely N-dealkylation sites (tertiary alicyclic amines) is 2. The number of amides is 2. The van der Waals surface area contributed by atoms with Gasteiger partial charge in [0.25, 0.3) is 5.91 Å². The number of hydrogen-bond acceptors (Lipinski definition) is 5. The predicted molar refractivity (Wildman–Crippen MR) is 138 cm³/mol. The number of ether oxygens (including phenoxy) is 1. The molecule has 3 aromatic rings. The van der Waals surface area contributed by atoms with Crippen LogP contribution in [0.1, 0.15) is 77.2 Å². The van der Waals surface area contributed by atoms with Crippen molar-refractivity contribution in [3.63, 3.8) is 0 Å². The van der Waals surface area contributed by atoms with E-state index in [9.17, 15) is 9.59 Å². The lowest BCUT2D eigenvalue weighted by Gasteiger charge is -2.32. The van der Waals surface area contributed by atoms with Gasteiger partial charge in [-0.1, -0.05) is 36.4 Å². The Labute approximate surface area is 217 Å². The van der Waals surface area contributed by atoms with Crippen molar-refractivity contribution in [2.75, 3.05) is 26.2 Å². The van der Waals surface area contributed by atoms with Gasteiger partial charge in [-0.25, -0.2) is 4.79 Å². The molecule has 2 aromatic heterocycles. The first-order valence-corrected chi connectivity index (χ1v) is 13.4. The molecule has 1 aromatic carbocycles. The number of hydrogen-bond donors (Lipinski definition) is 0. The normalized spacial score (nSPS) is 20.3. The molecule has 3 fully saturated rings. The second-order valence-corrected chi connectivity index (χ2v) is 10.4. The monoisotopic (exact) mass is 499 g/mol. The molecular weight excluding hydrogens is 466 g/mol. The quantitative estimate of drug-likeness (QED) is 0.489. The largest absolute Gasteiger partial charge is 0.445 e. The highest BCUT2D eigenvalue weighted by Crippen LogP contribution is 2.44. The van der Waals surface area contributed by atoms with E-state index in [-0.39, 0.29) is 24.6 Å². The fourth-order valence-electron chi connectivity index (χ4n) is 5.70. The van der Waals surface area contributed by atoms with Crippen LogP contribution in [-0.4, -0.2) is 62.7 Å². The van der Waals surface area contributed by atoms with Crippen molar-refractivity contribution in [1.82, 2.24) is 24.6 Å². The zero-order valence-corrected chi connectivity index (χ0v) is 21.0. The maximum absolute atomic E-state index is 13.6. The summed E-state index contributed by atoms with van der Waals surface area (Å²) in [6.45, 7) is 3.03. The van der Waals surface area contributed by atoms with E-state index < -0.39 is 0 Å². The van der Waals surface area contributed by atoms with Crippen LogP contribution >= 0.6 is 0 Å². The fraction of sp³-hybridized carbons (Fsp3) is 0.448. The summed E-state index contributed by atoms with van der Waals surface area (Å²) in [7, 11) is 0. The van der Waals surface area contributed by atoms with Gasteiger partial charge in [0.1, 0.15) is 6.61 Å². The van der Waals surface area contributed by atoms with E-state index in [1.165, 1.54) is 5.56 Å². The van der Waals surface area contributed by atoms with Gasteiger partial charge in [-0.3, -0.25) is 14.5 Å². The molecule has 4 heterocycles.